The summed E-state index contributed by atoms with van der Waals surface area (Å²) in [5.41, 5.74) is -0.900. The summed E-state index contributed by atoms with van der Waals surface area (Å²) in [5.74, 6) is 0. The molecule has 0 saturated heterocycles. The zero-order valence-electron chi connectivity index (χ0n) is 21.8. The van der Waals surface area contributed by atoms with Gasteiger partial charge < -0.3 is 4.57 Å². The van der Waals surface area contributed by atoms with Gasteiger partial charge in [0.2, 0.25) is 0 Å². The Morgan fingerprint density at radius 1 is 0.750 bits per heavy atom. The fourth-order valence-corrected chi connectivity index (χ4v) is 2.37. The predicted molar refractivity (Wildman–Crippen MR) is 88.5 cm³/mol. The highest BCUT2D eigenvalue weighted by Gasteiger charge is 2.11. The zero-order chi connectivity index (χ0) is 24.0. The first-order valence-electron chi connectivity index (χ1n) is 11.6. The van der Waals surface area contributed by atoms with Crippen LogP contribution in [0.3, 0.4) is 0 Å². The standard InChI is InChI=1S/C18H12BrN/c19-13-10-11-18-16(12-13)15-8-4-5-9-17(15)20(18)14-6-2-1-3-7-14/h1-12H/i1D,2D,3D,4D,5D,6D,7D,8D,9D,10D,11D,12D. The number of nitrogens with zero attached hydrogens (tertiary/aromatic N) is 1. The highest BCUT2D eigenvalue weighted by molar-refractivity contribution is 9.10. The van der Waals surface area contributed by atoms with Crippen molar-refractivity contribution in [2.24, 2.45) is 0 Å². The van der Waals surface area contributed by atoms with E-state index in [1.807, 2.05) is 0 Å². The maximum absolute atomic E-state index is 8.50. The summed E-state index contributed by atoms with van der Waals surface area (Å²) in [4.78, 5) is 0. The van der Waals surface area contributed by atoms with Crippen LogP contribution in [0.2, 0.25) is 0 Å². The van der Waals surface area contributed by atoms with Gasteiger partial charge in [-0.1, -0.05) is 52.2 Å². The Bertz CT molecular complexity index is 1400. The van der Waals surface area contributed by atoms with E-state index >= 15 is 0 Å². The lowest BCUT2D eigenvalue weighted by atomic mass is 10.2. The minimum atomic E-state index is -0.669. The van der Waals surface area contributed by atoms with Crippen LogP contribution in [0.1, 0.15) is 16.4 Å². The molecule has 1 heterocycles. The molecule has 0 atom stereocenters. The third-order valence-corrected chi connectivity index (χ3v) is 3.23. The third kappa shape index (κ3) is 1.69. The van der Waals surface area contributed by atoms with E-state index in [1.54, 1.807) is 0 Å². The molecule has 0 fully saturated rings. The van der Waals surface area contributed by atoms with Crippen molar-refractivity contribution >= 4 is 37.7 Å². The molecular weight excluding hydrogens is 310 g/mol. The van der Waals surface area contributed by atoms with Crippen molar-refractivity contribution in [2.45, 2.75) is 0 Å². The minimum Gasteiger partial charge on any atom is -0.309 e. The molecule has 4 aromatic rings. The highest BCUT2D eigenvalue weighted by Crippen LogP contribution is 2.33. The molecule has 0 amide bonds. The van der Waals surface area contributed by atoms with Crippen LogP contribution in [0, 0.1) is 0 Å². The number of hydrogen-bond donors (Lipinski definition) is 0. The van der Waals surface area contributed by atoms with E-state index in [4.69, 9.17) is 16.4 Å². The van der Waals surface area contributed by atoms with Crippen LogP contribution in [0.5, 0.6) is 0 Å². The second-order valence-electron chi connectivity index (χ2n) is 3.95. The molecule has 96 valence electrons. The van der Waals surface area contributed by atoms with E-state index in [0.29, 0.717) is 0 Å². The number of para-hydroxylation sites is 2. The minimum absolute atomic E-state index is 0.0671. The molecular formula is C18H12BrN. The fraction of sp³-hybridized carbons (Fsp3) is 0. The Morgan fingerprint density at radius 2 is 1.45 bits per heavy atom. The lowest BCUT2D eigenvalue weighted by Crippen LogP contribution is -1.92. The number of fused-ring (bicyclic) bond motifs is 3. The van der Waals surface area contributed by atoms with E-state index in [9.17, 15) is 0 Å². The fourth-order valence-electron chi connectivity index (χ4n) is 2.07. The van der Waals surface area contributed by atoms with Crippen LogP contribution in [0.15, 0.2) is 77.0 Å². The van der Waals surface area contributed by atoms with Gasteiger partial charge in [-0.2, -0.15) is 0 Å². The van der Waals surface area contributed by atoms with Crippen LogP contribution in [-0.2, 0) is 0 Å². The van der Waals surface area contributed by atoms with Crippen molar-refractivity contribution in [3.63, 3.8) is 0 Å². The maximum atomic E-state index is 8.50. The summed E-state index contributed by atoms with van der Waals surface area (Å²) in [7, 11) is 0. The molecule has 3 aromatic carbocycles. The quantitative estimate of drug-likeness (QED) is 0.430. The maximum Gasteiger partial charge on any atom is 0.0646 e. The van der Waals surface area contributed by atoms with Crippen LogP contribution in [0.4, 0.5) is 0 Å². The average Bonchev–Trinajstić information content (AvgIpc) is 3.12. The first-order valence-corrected chi connectivity index (χ1v) is 6.40. The van der Waals surface area contributed by atoms with Gasteiger partial charge in [0.05, 0.1) is 27.5 Å². The number of halogens is 1. The van der Waals surface area contributed by atoms with E-state index in [2.05, 4.69) is 15.9 Å². The molecule has 0 bridgehead atoms. The van der Waals surface area contributed by atoms with Gasteiger partial charge >= 0.3 is 0 Å². The summed E-state index contributed by atoms with van der Waals surface area (Å²) in [6, 6.07) is -6.76. The Morgan fingerprint density at radius 3 is 2.30 bits per heavy atom. The van der Waals surface area contributed by atoms with Crippen LogP contribution >= 0.6 is 15.9 Å². The van der Waals surface area contributed by atoms with Crippen molar-refractivity contribution in [1.82, 2.24) is 4.57 Å². The SMILES string of the molecule is [2H]c1c([2H])c([2H])c(-n2c3c([2H])c([2H])c([2H])c([2H])c3c3c([2H])c(Br)c([2H])c([2H])c32)c([2H])c1[2H]. The second-order valence-corrected chi connectivity index (χ2v) is 4.74. The molecule has 2 heteroatoms. The van der Waals surface area contributed by atoms with Gasteiger partial charge in [-0.3, -0.25) is 0 Å². The molecule has 20 heavy (non-hydrogen) atoms. The van der Waals surface area contributed by atoms with Gasteiger partial charge in [0, 0.05) is 20.9 Å². The summed E-state index contributed by atoms with van der Waals surface area (Å²) in [6.07, 6.45) is 0. The van der Waals surface area contributed by atoms with Gasteiger partial charge in [0.25, 0.3) is 0 Å². The number of rotatable bonds is 1. The third-order valence-electron chi connectivity index (χ3n) is 2.84. The first-order chi connectivity index (χ1) is 14.8. The molecule has 0 N–H and O–H groups in total. The van der Waals surface area contributed by atoms with E-state index in [1.165, 1.54) is 0 Å². The van der Waals surface area contributed by atoms with Crippen molar-refractivity contribution in [2.75, 3.05) is 0 Å². The Kier molecular flexibility index (Phi) is 1.07. The summed E-state index contributed by atoms with van der Waals surface area (Å²) in [5, 5.41) is -0.233. The van der Waals surface area contributed by atoms with Gasteiger partial charge in [-0.05, 0) is 36.3 Å². The van der Waals surface area contributed by atoms with Crippen molar-refractivity contribution in [3.05, 3.63) is 77.0 Å². The zero-order valence-corrected chi connectivity index (χ0v) is 11.4. The molecule has 0 saturated carbocycles. The molecule has 0 spiro atoms. The molecule has 0 aliphatic carbocycles. The summed E-state index contributed by atoms with van der Waals surface area (Å²) in [6.45, 7) is 0. The molecule has 1 aromatic heterocycles. The molecule has 0 radical (unpaired) electrons. The van der Waals surface area contributed by atoms with Crippen molar-refractivity contribution < 1.29 is 16.4 Å². The van der Waals surface area contributed by atoms with Crippen molar-refractivity contribution in [1.29, 1.82) is 0 Å². The molecule has 0 unspecified atom stereocenters. The summed E-state index contributed by atoms with van der Waals surface area (Å²) >= 11 is 3.08. The van der Waals surface area contributed by atoms with Gasteiger partial charge in [0.15, 0.2) is 0 Å². The average molecular weight is 334 g/mol. The van der Waals surface area contributed by atoms with E-state index < -0.39 is 72.2 Å². The lowest BCUT2D eigenvalue weighted by molar-refractivity contribution is 1.18. The topological polar surface area (TPSA) is 4.93 Å². The van der Waals surface area contributed by atoms with Crippen LogP contribution in [-0.4, -0.2) is 4.57 Å². The smallest absolute Gasteiger partial charge is 0.0646 e. The van der Waals surface area contributed by atoms with Gasteiger partial charge in [0.1, 0.15) is 0 Å². The van der Waals surface area contributed by atoms with Gasteiger partial charge in [-0.15, -0.1) is 0 Å². The monoisotopic (exact) mass is 333 g/mol. The predicted octanol–water partition coefficient (Wildman–Crippen LogP) is 5.55. The van der Waals surface area contributed by atoms with Crippen LogP contribution < -0.4 is 0 Å². The van der Waals surface area contributed by atoms with Crippen LogP contribution in [0.25, 0.3) is 27.5 Å². The van der Waals surface area contributed by atoms with E-state index in [0.717, 1.165) is 4.57 Å². The Balaban J connectivity index is 2.50. The molecule has 0 aliphatic heterocycles. The second kappa shape index (κ2) is 4.50. The molecule has 1 nitrogen and oxygen atoms in total. The molecule has 0 aliphatic rings. The van der Waals surface area contributed by atoms with E-state index in [-0.39, 0.29) is 32.3 Å². The number of aromatic nitrogens is 1. The normalized spacial score (nSPS) is 19.6. The summed E-state index contributed by atoms with van der Waals surface area (Å²) < 4.78 is 99.6. The number of hydrogen-bond acceptors (Lipinski definition) is 0. The van der Waals surface area contributed by atoms with Gasteiger partial charge in [-0.25, -0.2) is 0 Å². The molecule has 4 rings (SSSR count). The Hall–Kier alpha value is -2.06. The highest BCUT2D eigenvalue weighted by atomic mass is 79.9. The first kappa shape index (κ1) is 4.74. The largest absolute Gasteiger partial charge is 0.309 e. The lowest BCUT2D eigenvalue weighted by Gasteiger charge is -2.07. The van der Waals surface area contributed by atoms with Crippen molar-refractivity contribution in [3.8, 4) is 5.69 Å². The number of benzene rings is 3. The Labute approximate surface area is 142 Å².